The molecule has 2 atom stereocenters. The van der Waals surface area contributed by atoms with Gasteiger partial charge in [0.15, 0.2) is 0 Å². The quantitative estimate of drug-likeness (QED) is 0.518. The summed E-state index contributed by atoms with van der Waals surface area (Å²) in [4.78, 5) is 19.8. The van der Waals surface area contributed by atoms with Crippen molar-refractivity contribution in [2.45, 2.75) is 71.4 Å². The molecule has 0 spiro atoms. The first-order valence-electron chi connectivity index (χ1n) is 9.67. The van der Waals surface area contributed by atoms with Crippen LogP contribution in [0.25, 0.3) is 11.0 Å². The molecule has 2 aromatic rings. The minimum Gasteiger partial charge on any atom is -0.390 e. The number of fused-ring (bicyclic) bond motifs is 1. The molecule has 0 aromatic carbocycles. The van der Waals surface area contributed by atoms with E-state index in [0.29, 0.717) is 12.1 Å². The number of carbonyl (C=O) groups is 1. The number of hydrogen-bond acceptors (Lipinski definition) is 4. The Morgan fingerprint density at radius 1 is 1.35 bits per heavy atom. The third-order valence-corrected chi connectivity index (χ3v) is 4.98. The highest BCUT2D eigenvalue weighted by atomic mass is 16.3. The molecule has 4 N–H and O–H groups in total. The first kappa shape index (κ1) is 20.2. The molecule has 2 aromatic heterocycles. The maximum atomic E-state index is 12.4. The molecular weight excluding hydrogens is 328 g/mol. The zero-order valence-electron chi connectivity index (χ0n) is 16.4. The highest BCUT2D eigenvalue weighted by molar-refractivity contribution is 6.06. The number of hydrogen-bond donors (Lipinski definition) is 4. The summed E-state index contributed by atoms with van der Waals surface area (Å²) in [6.07, 6.45) is 7.55. The van der Waals surface area contributed by atoms with Gasteiger partial charge in [-0.05, 0) is 45.6 Å². The molecule has 0 saturated heterocycles. The van der Waals surface area contributed by atoms with Crippen LogP contribution < -0.4 is 10.6 Å². The van der Waals surface area contributed by atoms with Crippen LogP contribution in [-0.4, -0.2) is 39.2 Å². The van der Waals surface area contributed by atoms with Gasteiger partial charge in [-0.25, -0.2) is 4.98 Å². The van der Waals surface area contributed by atoms with E-state index in [0.717, 1.165) is 48.8 Å². The van der Waals surface area contributed by atoms with E-state index in [-0.39, 0.29) is 11.9 Å². The topological polar surface area (TPSA) is 90.0 Å². The van der Waals surface area contributed by atoms with Crippen LogP contribution in [0.1, 0.15) is 70.2 Å². The fraction of sp³-hybridized carbons (Fsp3) is 0.600. The normalized spacial score (nSPS) is 14.8. The van der Waals surface area contributed by atoms with E-state index < -0.39 is 5.60 Å². The molecule has 0 aliphatic rings. The zero-order chi connectivity index (χ0) is 19.2. The lowest BCUT2D eigenvalue weighted by molar-refractivity contribution is 0.0155. The van der Waals surface area contributed by atoms with Crippen molar-refractivity contribution in [1.29, 1.82) is 0 Å². The van der Waals surface area contributed by atoms with E-state index in [1.807, 2.05) is 26.1 Å². The Hall–Kier alpha value is -2.08. The van der Waals surface area contributed by atoms with Gasteiger partial charge in [0.05, 0.1) is 16.9 Å². The van der Waals surface area contributed by atoms with Crippen LogP contribution in [0.3, 0.4) is 0 Å². The van der Waals surface area contributed by atoms with E-state index in [2.05, 4.69) is 34.4 Å². The second kappa shape index (κ2) is 9.03. The van der Waals surface area contributed by atoms with E-state index in [4.69, 9.17) is 0 Å². The average molecular weight is 361 g/mol. The molecule has 2 rings (SSSR count). The predicted octanol–water partition coefficient (Wildman–Crippen LogP) is 3.83. The number of carbonyl (C=O) groups excluding carboxylic acids is 1. The van der Waals surface area contributed by atoms with Gasteiger partial charge in [0, 0.05) is 30.4 Å². The molecule has 0 saturated carbocycles. The van der Waals surface area contributed by atoms with Crippen LogP contribution in [0.15, 0.2) is 18.5 Å². The molecular formula is C20H32N4O2. The largest absolute Gasteiger partial charge is 0.390 e. The summed E-state index contributed by atoms with van der Waals surface area (Å²) in [7, 11) is 0. The molecule has 0 radical (unpaired) electrons. The minimum absolute atomic E-state index is 0.124. The highest BCUT2D eigenvalue weighted by Crippen LogP contribution is 2.28. The Balaban J connectivity index is 2.19. The van der Waals surface area contributed by atoms with Crippen molar-refractivity contribution in [1.82, 2.24) is 15.3 Å². The Kier molecular flexibility index (Phi) is 7.03. The summed E-state index contributed by atoms with van der Waals surface area (Å²) in [5.41, 5.74) is 1.49. The SMILES string of the molecule is CCC[C@@](O)(CC)CC[C@H](C)Nc1c(C(=O)NCC)cnc2[nH]ccc12. The highest BCUT2D eigenvalue weighted by Gasteiger charge is 2.24. The first-order chi connectivity index (χ1) is 12.4. The van der Waals surface area contributed by atoms with E-state index in [1.54, 1.807) is 6.20 Å². The van der Waals surface area contributed by atoms with Crippen molar-refractivity contribution in [3.8, 4) is 0 Å². The zero-order valence-corrected chi connectivity index (χ0v) is 16.4. The van der Waals surface area contributed by atoms with Crippen LogP contribution in [0.4, 0.5) is 5.69 Å². The number of rotatable bonds is 10. The summed E-state index contributed by atoms with van der Waals surface area (Å²) in [5, 5.41) is 17.9. The molecule has 0 unspecified atom stereocenters. The molecule has 0 bridgehead atoms. The molecule has 0 aliphatic carbocycles. The van der Waals surface area contributed by atoms with Gasteiger partial charge in [-0.15, -0.1) is 0 Å². The number of anilines is 1. The number of aromatic nitrogens is 2. The average Bonchev–Trinajstić information content (AvgIpc) is 3.10. The van der Waals surface area contributed by atoms with Crippen molar-refractivity contribution >= 4 is 22.6 Å². The summed E-state index contributed by atoms with van der Waals surface area (Å²) in [6, 6.07) is 2.05. The molecule has 6 heteroatoms. The second-order valence-electron chi connectivity index (χ2n) is 7.06. The van der Waals surface area contributed by atoms with Crippen molar-refractivity contribution in [3.05, 3.63) is 24.0 Å². The van der Waals surface area contributed by atoms with Gasteiger partial charge in [0.2, 0.25) is 0 Å². The number of aromatic amines is 1. The van der Waals surface area contributed by atoms with Gasteiger partial charge >= 0.3 is 0 Å². The molecule has 0 fully saturated rings. The molecule has 0 aliphatic heterocycles. The van der Waals surface area contributed by atoms with Crippen molar-refractivity contribution in [3.63, 3.8) is 0 Å². The third kappa shape index (κ3) is 4.75. The fourth-order valence-corrected chi connectivity index (χ4v) is 3.34. The molecule has 2 heterocycles. The molecule has 144 valence electrons. The van der Waals surface area contributed by atoms with Crippen molar-refractivity contribution in [2.75, 3.05) is 11.9 Å². The van der Waals surface area contributed by atoms with Crippen LogP contribution >= 0.6 is 0 Å². The van der Waals surface area contributed by atoms with E-state index >= 15 is 0 Å². The summed E-state index contributed by atoms with van der Waals surface area (Å²) in [5.74, 6) is -0.131. The third-order valence-electron chi connectivity index (χ3n) is 4.98. The maximum absolute atomic E-state index is 12.4. The number of nitrogens with zero attached hydrogens (tertiary/aromatic N) is 1. The number of aliphatic hydroxyl groups is 1. The summed E-state index contributed by atoms with van der Waals surface area (Å²) >= 11 is 0. The number of pyridine rings is 1. The van der Waals surface area contributed by atoms with Crippen molar-refractivity contribution in [2.24, 2.45) is 0 Å². The van der Waals surface area contributed by atoms with Gasteiger partial charge in [0.25, 0.3) is 5.91 Å². The Bertz CT molecular complexity index is 728. The number of H-pyrrole nitrogens is 1. The van der Waals surface area contributed by atoms with Crippen molar-refractivity contribution < 1.29 is 9.90 Å². The summed E-state index contributed by atoms with van der Waals surface area (Å²) in [6.45, 7) is 8.69. The lowest BCUT2D eigenvalue weighted by Gasteiger charge is -2.28. The van der Waals surface area contributed by atoms with Gasteiger partial charge in [-0.1, -0.05) is 20.3 Å². The summed E-state index contributed by atoms with van der Waals surface area (Å²) < 4.78 is 0. The molecule has 26 heavy (non-hydrogen) atoms. The standard InChI is InChI=1S/C20H32N4O2/c1-5-10-20(26,6-2)11-8-14(4)24-17-15-9-12-22-18(15)23-13-16(17)19(25)21-7-3/h9,12-14,26H,5-8,10-11H2,1-4H3,(H,21,25)(H2,22,23,24)/t14-,20-/m0/s1. The van der Waals surface area contributed by atoms with Gasteiger partial charge < -0.3 is 20.7 Å². The second-order valence-corrected chi connectivity index (χ2v) is 7.06. The molecule has 1 amide bonds. The van der Waals surface area contributed by atoms with Gasteiger partial charge in [0.1, 0.15) is 5.65 Å². The van der Waals surface area contributed by atoms with E-state index in [9.17, 15) is 9.90 Å². The number of nitrogens with one attached hydrogen (secondary N) is 3. The minimum atomic E-state index is -0.602. The fourth-order valence-electron chi connectivity index (χ4n) is 3.34. The van der Waals surface area contributed by atoms with Crippen LogP contribution in [0.2, 0.25) is 0 Å². The predicted molar refractivity (Wildman–Crippen MR) is 107 cm³/mol. The first-order valence-corrected chi connectivity index (χ1v) is 9.67. The Morgan fingerprint density at radius 3 is 2.77 bits per heavy atom. The van der Waals surface area contributed by atoms with Crippen LogP contribution in [-0.2, 0) is 0 Å². The Labute approximate surface area is 155 Å². The smallest absolute Gasteiger partial charge is 0.254 e. The van der Waals surface area contributed by atoms with Gasteiger partial charge in [-0.2, -0.15) is 0 Å². The van der Waals surface area contributed by atoms with Crippen LogP contribution in [0.5, 0.6) is 0 Å². The van der Waals surface area contributed by atoms with E-state index in [1.165, 1.54) is 0 Å². The maximum Gasteiger partial charge on any atom is 0.254 e. The Morgan fingerprint density at radius 2 is 2.12 bits per heavy atom. The molecule has 6 nitrogen and oxygen atoms in total. The monoisotopic (exact) mass is 360 g/mol. The van der Waals surface area contributed by atoms with Crippen LogP contribution in [0, 0.1) is 0 Å². The number of amides is 1. The van der Waals surface area contributed by atoms with Gasteiger partial charge in [-0.3, -0.25) is 4.79 Å². The lowest BCUT2D eigenvalue weighted by Crippen LogP contribution is -2.30. The lowest BCUT2D eigenvalue weighted by atomic mass is 9.88.